The van der Waals surface area contributed by atoms with Crippen LogP contribution in [-0.2, 0) is 9.59 Å². The summed E-state index contributed by atoms with van der Waals surface area (Å²) in [6.07, 6.45) is 0. The Kier molecular flexibility index (Phi) is 7.11. The molecule has 0 heterocycles. The third-order valence-corrected chi connectivity index (χ3v) is 4.57. The molecule has 0 aliphatic carbocycles. The summed E-state index contributed by atoms with van der Waals surface area (Å²) in [6, 6.07) is 22.3. The van der Waals surface area contributed by atoms with Crippen LogP contribution in [0.2, 0.25) is 0 Å². The monoisotopic (exact) mass is 419 g/mol. The molecule has 0 atom stereocenters. The predicted molar refractivity (Wildman–Crippen MR) is 117 cm³/mol. The molecule has 0 fully saturated rings. The summed E-state index contributed by atoms with van der Waals surface area (Å²) >= 11 is 0. The maximum atomic E-state index is 13.2. The van der Waals surface area contributed by atoms with Gasteiger partial charge >= 0.3 is 0 Å². The van der Waals surface area contributed by atoms with Gasteiger partial charge in [0.15, 0.2) is 0 Å². The normalized spacial score (nSPS) is 10.3. The van der Waals surface area contributed by atoms with E-state index in [4.69, 9.17) is 0 Å². The molecule has 158 valence electrons. The highest BCUT2D eigenvalue weighted by Gasteiger charge is 2.15. The predicted octanol–water partition coefficient (Wildman–Crippen LogP) is 3.32. The number of hydrogen-bond donors (Lipinski definition) is 2. The molecule has 0 aliphatic heterocycles. The van der Waals surface area contributed by atoms with Gasteiger partial charge in [0, 0.05) is 18.3 Å². The highest BCUT2D eigenvalue weighted by atomic mass is 19.1. The van der Waals surface area contributed by atoms with E-state index in [-0.39, 0.29) is 19.0 Å². The van der Waals surface area contributed by atoms with Crippen LogP contribution in [0.25, 0.3) is 11.1 Å². The number of benzene rings is 3. The van der Waals surface area contributed by atoms with Crippen molar-refractivity contribution in [3.63, 3.8) is 0 Å². The molecule has 31 heavy (non-hydrogen) atoms. The highest BCUT2D eigenvalue weighted by molar-refractivity contribution is 5.98. The van der Waals surface area contributed by atoms with Crippen LogP contribution in [0, 0.1) is 5.82 Å². The topological polar surface area (TPSA) is 78.5 Å². The van der Waals surface area contributed by atoms with Gasteiger partial charge in [0.2, 0.25) is 11.8 Å². The maximum Gasteiger partial charge on any atom is 0.251 e. The van der Waals surface area contributed by atoms with Crippen molar-refractivity contribution in [3.8, 4) is 11.1 Å². The third kappa shape index (κ3) is 6.24. The Labute approximate surface area is 179 Å². The van der Waals surface area contributed by atoms with Crippen molar-refractivity contribution in [2.45, 2.75) is 0 Å². The fourth-order valence-electron chi connectivity index (χ4n) is 2.91. The molecule has 3 aromatic carbocycles. The van der Waals surface area contributed by atoms with Gasteiger partial charge in [-0.05, 0) is 41.5 Å². The van der Waals surface area contributed by atoms with Gasteiger partial charge in [-0.1, -0.05) is 48.5 Å². The standard InChI is InChI=1S/C24H22FN3O3/c1-28(16-22(29)27-21-9-5-8-20(25)14-21)23(30)15-26-24(31)19-12-10-18(11-13-19)17-6-3-2-4-7-17/h2-14H,15-16H2,1H3,(H,26,31)(H,27,29). The number of amides is 3. The van der Waals surface area contributed by atoms with E-state index in [1.807, 2.05) is 42.5 Å². The van der Waals surface area contributed by atoms with Gasteiger partial charge in [0.1, 0.15) is 5.82 Å². The lowest BCUT2D eigenvalue weighted by atomic mass is 10.0. The number of likely N-dealkylation sites (N-methyl/N-ethyl adjacent to an activating group) is 1. The lowest BCUT2D eigenvalue weighted by Gasteiger charge is -2.17. The number of hydrogen-bond acceptors (Lipinski definition) is 3. The van der Waals surface area contributed by atoms with Crippen LogP contribution < -0.4 is 10.6 Å². The fraction of sp³-hybridized carbons (Fsp3) is 0.125. The van der Waals surface area contributed by atoms with E-state index in [2.05, 4.69) is 10.6 Å². The molecular weight excluding hydrogens is 397 g/mol. The molecule has 0 radical (unpaired) electrons. The first-order valence-corrected chi connectivity index (χ1v) is 9.65. The number of halogens is 1. The molecule has 3 aromatic rings. The molecule has 7 heteroatoms. The van der Waals surface area contributed by atoms with Gasteiger partial charge in [-0.15, -0.1) is 0 Å². The molecule has 3 rings (SSSR count). The van der Waals surface area contributed by atoms with Crippen LogP contribution in [0.5, 0.6) is 0 Å². The Bertz CT molecular complexity index is 1070. The van der Waals surface area contributed by atoms with Crippen LogP contribution in [0.15, 0.2) is 78.9 Å². The van der Waals surface area contributed by atoms with Gasteiger partial charge in [-0.2, -0.15) is 0 Å². The number of anilines is 1. The highest BCUT2D eigenvalue weighted by Crippen LogP contribution is 2.19. The fourth-order valence-corrected chi connectivity index (χ4v) is 2.91. The molecule has 0 spiro atoms. The number of carbonyl (C=O) groups is 3. The van der Waals surface area contributed by atoms with E-state index >= 15 is 0 Å². The summed E-state index contributed by atoms with van der Waals surface area (Å²) in [5, 5.41) is 5.08. The van der Waals surface area contributed by atoms with Crippen LogP contribution in [0.1, 0.15) is 10.4 Å². The molecule has 0 aliphatic rings. The Morgan fingerprint density at radius 2 is 1.55 bits per heavy atom. The van der Waals surface area contributed by atoms with E-state index in [1.165, 1.54) is 30.1 Å². The van der Waals surface area contributed by atoms with Crippen molar-refractivity contribution in [2.75, 3.05) is 25.5 Å². The molecule has 0 unspecified atom stereocenters. The minimum Gasteiger partial charge on any atom is -0.343 e. The quantitative estimate of drug-likeness (QED) is 0.617. The molecule has 0 saturated carbocycles. The van der Waals surface area contributed by atoms with Crippen molar-refractivity contribution in [2.24, 2.45) is 0 Å². The molecule has 3 amide bonds. The van der Waals surface area contributed by atoms with E-state index in [9.17, 15) is 18.8 Å². The Hall–Kier alpha value is -4.00. The van der Waals surface area contributed by atoms with Crippen molar-refractivity contribution < 1.29 is 18.8 Å². The minimum absolute atomic E-state index is 0.225. The Morgan fingerprint density at radius 1 is 0.871 bits per heavy atom. The average molecular weight is 419 g/mol. The largest absolute Gasteiger partial charge is 0.343 e. The molecule has 0 bridgehead atoms. The summed E-state index contributed by atoms with van der Waals surface area (Å²) in [6.45, 7) is -0.472. The first-order valence-electron chi connectivity index (χ1n) is 9.65. The van der Waals surface area contributed by atoms with Gasteiger partial charge in [0.05, 0.1) is 13.1 Å². The van der Waals surface area contributed by atoms with Crippen LogP contribution in [-0.4, -0.2) is 42.8 Å². The van der Waals surface area contributed by atoms with Gasteiger partial charge in [-0.25, -0.2) is 4.39 Å². The number of nitrogens with one attached hydrogen (secondary N) is 2. The zero-order chi connectivity index (χ0) is 22.2. The van der Waals surface area contributed by atoms with E-state index in [0.29, 0.717) is 11.3 Å². The van der Waals surface area contributed by atoms with Crippen molar-refractivity contribution in [1.82, 2.24) is 10.2 Å². The molecule has 6 nitrogen and oxygen atoms in total. The first-order chi connectivity index (χ1) is 14.9. The van der Waals surface area contributed by atoms with Crippen LogP contribution in [0.4, 0.5) is 10.1 Å². The second-order valence-electron chi connectivity index (χ2n) is 6.93. The zero-order valence-electron chi connectivity index (χ0n) is 17.0. The van der Waals surface area contributed by atoms with Gasteiger partial charge < -0.3 is 15.5 Å². The average Bonchev–Trinajstić information content (AvgIpc) is 2.77. The Morgan fingerprint density at radius 3 is 2.23 bits per heavy atom. The number of rotatable bonds is 7. The summed E-state index contributed by atoms with van der Waals surface area (Å²) in [4.78, 5) is 37.8. The van der Waals surface area contributed by atoms with Crippen molar-refractivity contribution >= 4 is 23.4 Å². The minimum atomic E-state index is -0.471. The smallest absolute Gasteiger partial charge is 0.251 e. The Balaban J connectivity index is 1.48. The van der Waals surface area contributed by atoms with Crippen LogP contribution in [0.3, 0.4) is 0 Å². The third-order valence-electron chi connectivity index (χ3n) is 4.57. The van der Waals surface area contributed by atoms with E-state index < -0.39 is 17.6 Å². The summed E-state index contributed by atoms with van der Waals surface area (Å²) in [5.74, 6) is -1.75. The number of nitrogens with zero attached hydrogens (tertiary/aromatic N) is 1. The lowest BCUT2D eigenvalue weighted by molar-refractivity contribution is -0.132. The summed E-state index contributed by atoms with van der Waals surface area (Å²) in [7, 11) is 1.45. The van der Waals surface area contributed by atoms with Crippen LogP contribution >= 0.6 is 0 Å². The summed E-state index contributed by atoms with van der Waals surface area (Å²) < 4.78 is 13.2. The second-order valence-corrected chi connectivity index (χ2v) is 6.93. The van der Waals surface area contributed by atoms with Gasteiger partial charge in [0.25, 0.3) is 5.91 Å². The molecule has 2 N–H and O–H groups in total. The number of carbonyl (C=O) groups excluding carboxylic acids is 3. The second kappa shape index (κ2) is 10.2. The van der Waals surface area contributed by atoms with Gasteiger partial charge in [-0.3, -0.25) is 14.4 Å². The van der Waals surface area contributed by atoms with Crippen molar-refractivity contribution in [3.05, 3.63) is 90.2 Å². The first kappa shape index (κ1) is 21.7. The lowest BCUT2D eigenvalue weighted by Crippen LogP contribution is -2.41. The summed E-state index contributed by atoms with van der Waals surface area (Å²) in [5.41, 5.74) is 2.76. The molecule has 0 aromatic heterocycles. The van der Waals surface area contributed by atoms with E-state index in [1.54, 1.807) is 18.2 Å². The van der Waals surface area contributed by atoms with E-state index in [0.717, 1.165) is 11.1 Å². The van der Waals surface area contributed by atoms with Crippen molar-refractivity contribution in [1.29, 1.82) is 0 Å². The SMILES string of the molecule is CN(CC(=O)Nc1cccc(F)c1)C(=O)CNC(=O)c1ccc(-c2ccccc2)cc1. The maximum absolute atomic E-state index is 13.2. The molecule has 0 saturated heterocycles. The zero-order valence-corrected chi connectivity index (χ0v) is 17.0. The molecular formula is C24H22FN3O3.